The van der Waals surface area contributed by atoms with Gasteiger partial charge in [0.1, 0.15) is 17.9 Å². The molecule has 0 radical (unpaired) electrons. The van der Waals surface area contributed by atoms with E-state index in [0.717, 1.165) is 26.6 Å². The number of ether oxygens (including phenoxy) is 1. The van der Waals surface area contributed by atoms with Crippen molar-refractivity contribution < 1.29 is 14.4 Å². The number of methoxy groups -OCH3 is 1. The van der Waals surface area contributed by atoms with Gasteiger partial charge in [-0.3, -0.25) is 14.9 Å². The molecule has 2 aromatic heterocycles. The molecule has 0 bridgehead atoms. The van der Waals surface area contributed by atoms with E-state index in [9.17, 15) is 9.59 Å². The molecule has 0 saturated carbocycles. The van der Waals surface area contributed by atoms with Gasteiger partial charge in [-0.1, -0.05) is 12.1 Å². The van der Waals surface area contributed by atoms with Gasteiger partial charge in [0.2, 0.25) is 0 Å². The van der Waals surface area contributed by atoms with Crippen LogP contribution in [0.4, 0.5) is 5.13 Å². The molecule has 0 fully saturated rings. The number of nitrogens with zero attached hydrogens (tertiary/aromatic N) is 2. The van der Waals surface area contributed by atoms with Gasteiger partial charge in [-0.2, -0.15) is 4.73 Å². The van der Waals surface area contributed by atoms with Crippen molar-refractivity contribution in [3.63, 3.8) is 0 Å². The monoisotopic (exact) mass is 385 g/mol. The molecule has 7 nitrogen and oxygen atoms in total. The number of amides is 1. The average molecular weight is 385 g/mol. The molecule has 27 heavy (non-hydrogen) atoms. The summed E-state index contributed by atoms with van der Waals surface area (Å²) in [7, 11) is 1.59. The Morgan fingerprint density at radius 3 is 2.59 bits per heavy atom. The molecule has 3 rings (SSSR count). The summed E-state index contributed by atoms with van der Waals surface area (Å²) in [6, 6.07) is 10.3. The number of hydrogen-bond acceptors (Lipinski definition) is 6. The quantitative estimate of drug-likeness (QED) is 0.706. The van der Waals surface area contributed by atoms with Crippen molar-refractivity contribution in [3.8, 4) is 5.75 Å². The second kappa shape index (κ2) is 8.05. The summed E-state index contributed by atoms with van der Waals surface area (Å²) >= 11 is 1.36. The SMILES string of the molecule is COc1ccc(COn2cccc(C(=O)Nc3nc(C)c(C)s3)c2=O)cc1. The molecule has 0 unspecified atom stereocenters. The molecule has 0 aliphatic heterocycles. The normalized spacial score (nSPS) is 10.5. The number of benzene rings is 1. The Bertz CT molecular complexity index is 989. The van der Waals surface area contributed by atoms with E-state index >= 15 is 0 Å². The van der Waals surface area contributed by atoms with E-state index in [1.165, 1.54) is 23.6 Å². The van der Waals surface area contributed by atoms with Gasteiger partial charge in [-0.05, 0) is 43.7 Å². The highest BCUT2D eigenvalue weighted by molar-refractivity contribution is 7.15. The summed E-state index contributed by atoms with van der Waals surface area (Å²) in [5, 5.41) is 3.12. The van der Waals surface area contributed by atoms with Crippen LogP contribution in [0.15, 0.2) is 47.4 Å². The average Bonchev–Trinajstić information content (AvgIpc) is 2.98. The molecule has 1 N–H and O–H groups in total. The molecule has 0 saturated heterocycles. The van der Waals surface area contributed by atoms with Crippen molar-refractivity contribution in [3.05, 3.63) is 74.6 Å². The van der Waals surface area contributed by atoms with Crippen LogP contribution in [0.1, 0.15) is 26.5 Å². The summed E-state index contributed by atoms with van der Waals surface area (Å²) in [4.78, 5) is 35.8. The standard InChI is InChI=1S/C19H19N3O4S/c1-12-13(2)27-19(20-12)21-17(23)16-5-4-10-22(18(16)24)26-11-14-6-8-15(25-3)9-7-14/h4-10H,11H2,1-3H3,(H,20,21,23). The zero-order valence-corrected chi connectivity index (χ0v) is 16.0. The zero-order valence-electron chi connectivity index (χ0n) is 15.2. The van der Waals surface area contributed by atoms with E-state index in [1.54, 1.807) is 13.2 Å². The number of thiazole rings is 1. The van der Waals surface area contributed by atoms with Gasteiger partial charge in [-0.25, -0.2) is 4.98 Å². The first-order valence-corrected chi connectivity index (χ1v) is 9.03. The van der Waals surface area contributed by atoms with Gasteiger partial charge >= 0.3 is 0 Å². The largest absolute Gasteiger partial charge is 0.497 e. The molecule has 0 spiro atoms. The van der Waals surface area contributed by atoms with Crippen LogP contribution < -0.4 is 20.5 Å². The first kappa shape index (κ1) is 18.7. The first-order chi connectivity index (χ1) is 13.0. The van der Waals surface area contributed by atoms with Crippen molar-refractivity contribution in [2.24, 2.45) is 0 Å². The number of nitrogens with one attached hydrogen (secondary N) is 1. The Morgan fingerprint density at radius 1 is 1.22 bits per heavy atom. The van der Waals surface area contributed by atoms with Crippen LogP contribution in [0, 0.1) is 13.8 Å². The van der Waals surface area contributed by atoms with Crippen molar-refractivity contribution in [2.45, 2.75) is 20.5 Å². The Hall–Kier alpha value is -3.13. The maximum Gasteiger partial charge on any atom is 0.295 e. The molecule has 8 heteroatoms. The van der Waals surface area contributed by atoms with Crippen LogP contribution in [0.3, 0.4) is 0 Å². The minimum Gasteiger partial charge on any atom is -0.497 e. The Balaban J connectivity index is 1.72. The summed E-state index contributed by atoms with van der Waals surface area (Å²) in [5.41, 5.74) is 1.17. The Kier molecular flexibility index (Phi) is 5.56. The summed E-state index contributed by atoms with van der Waals surface area (Å²) in [6.45, 7) is 3.97. The van der Waals surface area contributed by atoms with E-state index in [1.807, 2.05) is 38.1 Å². The fourth-order valence-corrected chi connectivity index (χ4v) is 3.12. The van der Waals surface area contributed by atoms with Crippen LogP contribution in [0.2, 0.25) is 0 Å². The molecule has 140 valence electrons. The highest BCUT2D eigenvalue weighted by Gasteiger charge is 2.15. The van der Waals surface area contributed by atoms with E-state index < -0.39 is 11.5 Å². The van der Waals surface area contributed by atoms with Crippen molar-refractivity contribution in [1.29, 1.82) is 0 Å². The minimum atomic E-state index is -0.534. The zero-order chi connectivity index (χ0) is 19.4. The number of aryl methyl sites for hydroxylation is 2. The molecule has 0 aliphatic carbocycles. The maximum absolute atomic E-state index is 12.5. The van der Waals surface area contributed by atoms with Crippen LogP contribution in [0.25, 0.3) is 0 Å². The fourth-order valence-electron chi connectivity index (χ4n) is 2.31. The van der Waals surface area contributed by atoms with Crippen molar-refractivity contribution >= 4 is 22.4 Å². The molecule has 3 aromatic rings. The van der Waals surface area contributed by atoms with E-state index in [-0.39, 0.29) is 12.2 Å². The van der Waals surface area contributed by atoms with E-state index in [0.29, 0.717) is 5.13 Å². The topological polar surface area (TPSA) is 82.4 Å². The third-order valence-electron chi connectivity index (χ3n) is 3.94. The number of rotatable bonds is 6. The van der Waals surface area contributed by atoms with Gasteiger partial charge < -0.3 is 9.57 Å². The van der Waals surface area contributed by atoms with Crippen LogP contribution >= 0.6 is 11.3 Å². The van der Waals surface area contributed by atoms with Gasteiger partial charge in [0.15, 0.2) is 5.13 Å². The molecular formula is C19H19N3O4S. The molecular weight excluding hydrogens is 366 g/mol. The van der Waals surface area contributed by atoms with Gasteiger partial charge in [0, 0.05) is 11.1 Å². The van der Waals surface area contributed by atoms with E-state index in [4.69, 9.17) is 9.57 Å². The van der Waals surface area contributed by atoms with Gasteiger partial charge in [-0.15, -0.1) is 11.3 Å². The Morgan fingerprint density at radius 2 is 1.96 bits per heavy atom. The number of carbonyl (C=O) groups excluding carboxylic acids is 1. The lowest BCUT2D eigenvalue weighted by Crippen LogP contribution is -2.32. The maximum atomic E-state index is 12.5. The summed E-state index contributed by atoms with van der Waals surface area (Å²) in [5.74, 6) is 0.221. The second-order valence-corrected chi connectivity index (χ2v) is 6.99. The van der Waals surface area contributed by atoms with Crippen LogP contribution in [-0.2, 0) is 6.61 Å². The summed E-state index contributed by atoms with van der Waals surface area (Å²) < 4.78 is 6.16. The third kappa shape index (κ3) is 4.35. The second-order valence-electron chi connectivity index (χ2n) is 5.79. The third-order valence-corrected chi connectivity index (χ3v) is 4.93. The molecule has 2 heterocycles. The lowest BCUT2D eigenvalue weighted by molar-refractivity contribution is 0.0863. The fraction of sp³-hybridized carbons (Fsp3) is 0.211. The minimum absolute atomic E-state index is 0.0160. The highest BCUT2D eigenvalue weighted by atomic mass is 32.1. The predicted octanol–water partition coefficient (Wildman–Crippen LogP) is 2.81. The highest BCUT2D eigenvalue weighted by Crippen LogP contribution is 2.21. The number of pyridine rings is 1. The molecule has 1 amide bonds. The van der Waals surface area contributed by atoms with Gasteiger partial charge in [0.05, 0.1) is 12.8 Å². The van der Waals surface area contributed by atoms with Crippen LogP contribution in [-0.4, -0.2) is 22.7 Å². The lowest BCUT2D eigenvalue weighted by Gasteiger charge is -2.10. The molecule has 0 atom stereocenters. The van der Waals surface area contributed by atoms with Crippen molar-refractivity contribution in [1.82, 2.24) is 9.71 Å². The number of aromatic nitrogens is 2. The first-order valence-electron chi connectivity index (χ1n) is 8.21. The lowest BCUT2D eigenvalue weighted by atomic mass is 10.2. The van der Waals surface area contributed by atoms with Crippen molar-refractivity contribution in [2.75, 3.05) is 12.4 Å². The summed E-state index contributed by atoms with van der Waals surface area (Å²) in [6.07, 6.45) is 1.47. The predicted molar refractivity (Wildman–Crippen MR) is 104 cm³/mol. The molecule has 0 aliphatic rings. The number of carbonyl (C=O) groups is 1. The van der Waals surface area contributed by atoms with Gasteiger partial charge in [0.25, 0.3) is 11.5 Å². The number of hydrogen-bond donors (Lipinski definition) is 1. The Labute approximate surface area is 160 Å². The van der Waals surface area contributed by atoms with Crippen LogP contribution in [0.5, 0.6) is 5.75 Å². The number of anilines is 1. The molecule has 1 aromatic carbocycles. The smallest absolute Gasteiger partial charge is 0.295 e. The van der Waals surface area contributed by atoms with E-state index in [2.05, 4.69) is 10.3 Å².